The number of nitrogens with two attached hydrogens (primary N) is 1. The van der Waals surface area contributed by atoms with Crippen molar-refractivity contribution in [2.24, 2.45) is 5.73 Å². The lowest BCUT2D eigenvalue weighted by molar-refractivity contribution is 0.351. The molecule has 1 aliphatic heterocycles. The quantitative estimate of drug-likeness (QED) is 0.926. The van der Waals surface area contributed by atoms with Gasteiger partial charge in [0.25, 0.3) is 0 Å². The van der Waals surface area contributed by atoms with Crippen LogP contribution in [-0.4, -0.2) is 6.61 Å². The molecular weight excluding hydrogens is 250 g/mol. The number of furan rings is 1. The normalized spacial score (nSPS) is 15.2. The molecule has 0 fully saturated rings. The summed E-state index contributed by atoms with van der Waals surface area (Å²) in [5.41, 5.74) is 8.35. The highest BCUT2D eigenvalue weighted by molar-refractivity contribution is 6.30. The maximum absolute atomic E-state index is 6.12. The summed E-state index contributed by atoms with van der Waals surface area (Å²) < 4.78 is 11.0. The van der Waals surface area contributed by atoms with E-state index < -0.39 is 0 Å². The molecule has 3 rings (SSSR count). The van der Waals surface area contributed by atoms with E-state index in [0.29, 0.717) is 6.42 Å². The zero-order valence-electron chi connectivity index (χ0n) is 9.86. The molecule has 94 valence electrons. The molecule has 0 bridgehead atoms. The lowest BCUT2D eigenvalue weighted by Gasteiger charge is -2.12. The topological polar surface area (TPSA) is 48.4 Å². The first kappa shape index (κ1) is 11.6. The summed E-state index contributed by atoms with van der Waals surface area (Å²) in [6, 6.07) is 7.44. The smallest absolute Gasteiger partial charge is 0.125 e. The highest BCUT2D eigenvalue weighted by Crippen LogP contribution is 2.34. The van der Waals surface area contributed by atoms with E-state index in [1.54, 1.807) is 6.26 Å². The van der Waals surface area contributed by atoms with Crippen LogP contribution < -0.4 is 10.5 Å². The van der Waals surface area contributed by atoms with Gasteiger partial charge in [-0.25, -0.2) is 0 Å². The van der Waals surface area contributed by atoms with Crippen molar-refractivity contribution in [1.29, 1.82) is 0 Å². The number of benzene rings is 1. The van der Waals surface area contributed by atoms with E-state index in [2.05, 4.69) is 0 Å². The number of fused-ring (bicyclic) bond motifs is 1. The summed E-state index contributed by atoms with van der Waals surface area (Å²) in [4.78, 5) is 0. The monoisotopic (exact) mass is 263 g/mol. The second kappa shape index (κ2) is 4.67. The molecule has 0 radical (unpaired) electrons. The van der Waals surface area contributed by atoms with Crippen LogP contribution in [0.3, 0.4) is 0 Å². The van der Waals surface area contributed by atoms with E-state index >= 15 is 0 Å². The van der Waals surface area contributed by atoms with Crippen LogP contribution in [0.2, 0.25) is 5.02 Å². The first-order valence-electron chi connectivity index (χ1n) is 5.97. The second-order valence-corrected chi connectivity index (χ2v) is 4.91. The predicted molar refractivity (Wildman–Crippen MR) is 70.0 cm³/mol. The fraction of sp³-hybridized carbons (Fsp3) is 0.286. The Hall–Kier alpha value is -1.45. The van der Waals surface area contributed by atoms with E-state index in [0.717, 1.165) is 35.1 Å². The number of hydrogen-bond acceptors (Lipinski definition) is 3. The Bertz CT molecular complexity index is 551. The molecule has 2 heterocycles. The molecule has 3 nitrogen and oxygen atoms in total. The molecule has 1 aromatic carbocycles. The molecule has 0 spiro atoms. The minimum atomic E-state index is -0.174. The summed E-state index contributed by atoms with van der Waals surface area (Å²) in [5, 5.41) is 0.737. The minimum Gasteiger partial charge on any atom is -0.493 e. The predicted octanol–water partition coefficient (Wildman–Crippen LogP) is 3.11. The van der Waals surface area contributed by atoms with Gasteiger partial charge >= 0.3 is 0 Å². The van der Waals surface area contributed by atoms with Crippen LogP contribution in [0.15, 0.2) is 34.9 Å². The lowest BCUT2D eigenvalue weighted by Crippen LogP contribution is -2.13. The van der Waals surface area contributed by atoms with Crippen LogP contribution in [0, 0.1) is 0 Å². The highest BCUT2D eigenvalue weighted by Gasteiger charge is 2.20. The van der Waals surface area contributed by atoms with Crippen molar-refractivity contribution in [2.75, 3.05) is 6.61 Å². The Morgan fingerprint density at radius 1 is 1.39 bits per heavy atom. The first-order chi connectivity index (χ1) is 8.74. The van der Waals surface area contributed by atoms with E-state index in [9.17, 15) is 0 Å². The summed E-state index contributed by atoms with van der Waals surface area (Å²) in [7, 11) is 0. The maximum Gasteiger partial charge on any atom is 0.125 e. The summed E-state index contributed by atoms with van der Waals surface area (Å²) in [5.74, 6) is 1.73. The van der Waals surface area contributed by atoms with Gasteiger partial charge in [-0.05, 0) is 41.8 Å². The largest absolute Gasteiger partial charge is 0.493 e. The Morgan fingerprint density at radius 2 is 2.28 bits per heavy atom. The fourth-order valence-electron chi connectivity index (χ4n) is 2.34. The van der Waals surface area contributed by atoms with Crippen LogP contribution in [0.5, 0.6) is 5.75 Å². The third-order valence-corrected chi connectivity index (χ3v) is 3.39. The molecule has 18 heavy (non-hydrogen) atoms. The summed E-state index contributed by atoms with van der Waals surface area (Å²) in [6.07, 6.45) is 3.21. The third-order valence-electron chi connectivity index (χ3n) is 3.17. The van der Waals surface area contributed by atoms with Gasteiger partial charge in [-0.3, -0.25) is 0 Å². The van der Waals surface area contributed by atoms with Gasteiger partial charge in [-0.1, -0.05) is 11.6 Å². The molecule has 1 unspecified atom stereocenters. The van der Waals surface area contributed by atoms with Crippen molar-refractivity contribution >= 4 is 11.6 Å². The highest BCUT2D eigenvalue weighted by atomic mass is 35.5. The van der Waals surface area contributed by atoms with Crippen molar-refractivity contribution in [1.82, 2.24) is 0 Å². The Balaban J connectivity index is 1.89. The van der Waals surface area contributed by atoms with E-state index in [1.165, 1.54) is 5.56 Å². The van der Waals surface area contributed by atoms with E-state index in [-0.39, 0.29) is 6.04 Å². The molecule has 1 atom stereocenters. The molecule has 0 amide bonds. The van der Waals surface area contributed by atoms with Crippen LogP contribution >= 0.6 is 11.6 Å². The van der Waals surface area contributed by atoms with Crippen molar-refractivity contribution in [3.63, 3.8) is 0 Å². The van der Waals surface area contributed by atoms with Crippen LogP contribution in [0.25, 0.3) is 0 Å². The molecule has 0 saturated heterocycles. The number of halogens is 1. The number of hydrogen-bond donors (Lipinski definition) is 1. The second-order valence-electron chi connectivity index (χ2n) is 4.48. The van der Waals surface area contributed by atoms with Crippen LogP contribution in [-0.2, 0) is 12.8 Å². The van der Waals surface area contributed by atoms with Crippen LogP contribution in [0.1, 0.15) is 22.9 Å². The van der Waals surface area contributed by atoms with Gasteiger partial charge in [0.1, 0.15) is 11.5 Å². The third kappa shape index (κ3) is 2.11. The zero-order chi connectivity index (χ0) is 12.5. The molecule has 2 N–H and O–H groups in total. The Labute approximate surface area is 110 Å². The zero-order valence-corrected chi connectivity index (χ0v) is 10.6. The van der Waals surface area contributed by atoms with Gasteiger partial charge in [0.05, 0.1) is 18.9 Å². The maximum atomic E-state index is 6.12. The van der Waals surface area contributed by atoms with Gasteiger partial charge < -0.3 is 14.9 Å². The molecule has 0 saturated carbocycles. The van der Waals surface area contributed by atoms with Gasteiger partial charge in [0.2, 0.25) is 0 Å². The minimum absolute atomic E-state index is 0.174. The molecule has 1 aliphatic rings. The molecular formula is C14H14ClNO2. The molecule has 4 heteroatoms. The fourth-order valence-corrected chi connectivity index (χ4v) is 2.60. The molecule has 0 aliphatic carbocycles. The van der Waals surface area contributed by atoms with Crippen molar-refractivity contribution in [2.45, 2.75) is 18.9 Å². The first-order valence-corrected chi connectivity index (χ1v) is 6.35. The average Bonchev–Trinajstić information content (AvgIpc) is 2.98. The van der Waals surface area contributed by atoms with Crippen LogP contribution in [0.4, 0.5) is 0 Å². The molecule has 2 aromatic rings. The average molecular weight is 264 g/mol. The SMILES string of the molecule is NC(Cc1cc(Cl)cc2c1OCC2)c1ccco1. The number of ether oxygens (including phenoxy) is 1. The van der Waals surface area contributed by atoms with E-state index in [1.807, 2.05) is 24.3 Å². The van der Waals surface area contributed by atoms with Gasteiger partial charge in [-0.15, -0.1) is 0 Å². The van der Waals surface area contributed by atoms with Gasteiger partial charge in [0, 0.05) is 11.4 Å². The number of rotatable bonds is 3. The van der Waals surface area contributed by atoms with Gasteiger partial charge in [-0.2, -0.15) is 0 Å². The van der Waals surface area contributed by atoms with Crippen molar-refractivity contribution < 1.29 is 9.15 Å². The van der Waals surface area contributed by atoms with Gasteiger partial charge in [0.15, 0.2) is 0 Å². The standard InChI is InChI=1S/C14H14ClNO2/c15-11-6-9-3-5-18-14(9)10(7-11)8-12(16)13-2-1-4-17-13/h1-2,4,6-7,12H,3,5,8,16H2. The summed E-state index contributed by atoms with van der Waals surface area (Å²) >= 11 is 6.12. The van der Waals surface area contributed by atoms with Crippen molar-refractivity contribution in [3.8, 4) is 5.75 Å². The Kier molecular flexibility index (Phi) is 3.02. The molecule has 1 aromatic heterocycles. The van der Waals surface area contributed by atoms with E-state index in [4.69, 9.17) is 26.5 Å². The summed E-state index contributed by atoms with van der Waals surface area (Å²) in [6.45, 7) is 0.721. The van der Waals surface area contributed by atoms with Crippen molar-refractivity contribution in [3.05, 3.63) is 52.4 Å². The Morgan fingerprint density at radius 3 is 3.06 bits per heavy atom. The lowest BCUT2D eigenvalue weighted by atomic mass is 10.0.